The standard InChI is InChI=1S/C42H51N9O6/c1-7-33(52)48-34(23(2)3)40(53)50-18-8-10-31(50)38-43-20-29(46-38)26-14-12-25(13-15-26)27-16-17-28(37-36(27)45-22-57-37)30-21-44-39(47-30)32-11-9-19-51(32)41(54)35(24(4)5)49-42(55)56-6/h12-17,20-24,31-32,34-35H,7-11,18-19H2,1-6H3,(H,43,46)(H,44,47)(H,48,52)(H,49,55). The molecular formula is C42H51N9O6. The molecule has 4 atom stereocenters. The van der Waals surface area contributed by atoms with Crippen LogP contribution in [0.3, 0.4) is 0 Å². The molecule has 0 bridgehead atoms. The molecule has 2 aliphatic rings. The number of methoxy groups -OCH3 is 1. The zero-order valence-electron chi connectivity index (χ0n) is 33.3. The zero-order valence-corrected chi connectivity index (χ0v) is 33.3. The van der Waals surface area contributed by atoms with Gasteiger partial charge in [0.05, 0.1) is 43.0 Å². The van der Waals surface area contributed by atoms with Crippen molar-refractivity contribution in [2.24, 2.45) is 11.8 Å². The number of nitrogens with zero attached hydrogens (tertiary/aromatic N) is 5. The van der Waals surface area contributed by atoms with Crippen LogP contribution in [-0.4, -0.2) is 90.8 Å². The van der Waals surface area contributed by atoms with Crippen LogP contribution in [0.5, 0.6) is 0 Å². The summed E-state index contributed by atoms with van der Waals surface area (Å²) in [6, 6.07) is 10.4. The molecule has 300 valence electrons. The van der Waals surface area contributed by atoms with E-state index in [9.17, 15) is 19.2 Å². The van der Waals surface area contributed by atoms with Crippen molar-refractivity contribution in [1.82, 2.24) is 45.4 Å². The number of carbonyl (C=O) groups excluding carboxylic acids is 4. The van der Waals surface area contributed by atoms with Crippen LogP contribution in [0.4, 0.5) is 4.79 Å². The van der Waals surface area contributed by atoms with Crippen LogP contribution in [0, 0.1) is 11.8 Å². The van der Waals surface area contributed by atoms with Gasteiger partial charge in [0.1, 0.15) is 29.2 Å². The molecule has 57 heavy (non-hydrogen) atoms. The lowest BCUT2D eigenvalue weighted by Crippen LogP contribution is -2.51. The molecule has 2 fully saturated rings. The molecule has 0 saturated carbocycles. The third-order valence-corrected chi connectivity index (χ3v) is 11.1. The number of amides is 4. The molecule has 2 aliphatic heterocycles. The van der Waals surface area contributed by atoms with Gasteiger partial charge in [-0.3, -0.25) is 14.4 Å². The summed E-state index contributed by atoms with van der Waals surface area (Å²) in [7, 11) is 1.28. The average molecular weight is 778 g/mol. The molecule has 3 aromatic heterocycles. The van der Waals surface area contributed by atoms with Gasteiger partial charge in [0.25, 0.3) is 0 Å². The lowest BCUT2D eigenvalue weighted by atomic mass is 9.99. The highest BCUT2D eigenvalue weighted by Crippen LogP contribution is 2.38. The average Bonchev–Trinajstić information content (AvgIpc) is 4.07. The van der Waals surface area contributed by atoms with Gasteiger partial charge in [-0.15, -0.1) is 0 Å². The fraction of sp³-hybridized carbons (Fsp3) is 0.452. The number of oxazole rings is 1. The van der Waals surface area contributed by atoms with E-state index < -0.39 is 18.2 Å². The Morgan fingerprint density at radius 3 is 1.89 bits per heavy atom. The predicted octanol–water partition coefficient (Wildman–Crippen LogP) is 6.53. The number of fused-ring (bicyclic) bond motifs is 1. The van der Waals surface area contributed by atoms with Crippen molar-refractivity contribution in [2.45, 2.75) is 90.9 Å². The van der Waals surface area contributed by atoms with Gasteiger partial charge in [0, 0.05) is 30.6 Å². The molecule has 4 unspecified atom stereocenters. The van der Waals surface area contributed by atoms with Crippen LogP contribution in [0.1, 0.15) is 90.5 Å². The van der Waals surface area contributed by atoms with Crippen molar-refractivity contribution in [3.8, 4) is 33.6 Å². The number of nitrogens with one attached hydrogen (secondary N) is 4. The first-order valence-electron chi connectivity index (χ1n) is 19.8. The summed E-state index contributed by atoms with van der Waals surface area (Å²) in [4.78, 5) is 76.0. The van der Waals surface area contributed by atoms with E-state index in [0.29, 0.717) is 36.4 Å². The molecule has 4 amide bonds. The number of rotatable bonds is 12. The summed E-state index contributed by atoms with van der Waals surface area (Å²) in [6.45, 7) is 10.6. The van der Waals surface area contributed by atoms with Crippen molar-refractivity contribution < 1.29 is 28.3 Å². The van der Waals surface area contributed by atoms with Crippen molar-refractivity contribution >= 4 is 34.9 Å². The Morgan fingerprint density at radius 2 is 1.32 bits per heavy atom. The number of hydrogen-bond acceptors (Lipinski definition) is 9. The maximum atomic E-state index is 13.6. The second-order valence-corrected chi connectivity index (χ2v) is 15.5. The van der Waals surface area contributed by atoms with E-state index in [-0.39, 0.29) is 41.6 Å². The first kappa shape index (κ1) is 39.3. The smallest absolute Gasteiger partial charge is 0.407 e. The van der Waals surface area contributed by atoms with E-state index in [1.165, 1.54) is 13.5 Å². The van der Waals surface area contributed by atoms with Crippen molar-refractivity contribution in [3.05, 3.63) is 66.8 Å². The Bertz CT molecular complexity index is 2240. The lowest BCUT2D eigenvalue weighted by molar-refractivity contribution is -0.138. The number of ether oxygens (including phenoxy) is 1. The fourth-order valence-electron chi connectivity index (χ4n) is 8.00. The Balaban J connectivity index is 1.07. The Kier molecular flexibility index (Phi) is 11.4. The molecule has 0 aliphatic carbocycles. The minimum absolute atomic E-state index is 0.0394. The number of aromatic amines is 2. The van der Waals surface area contributed by atoms with E-state index in [1.807, 2.05) is 69.0 Å². The van der Waals surface area contributed by atoms with Gasteiger partial charge < -0.3 is 39.6 Å². The van der Waals surface area contributed by atoms with Gasteiger partial charge in [0.2, 0.25) is 17.7 Å². The zero-order chi connectivity index (χ0) is 40.4. The van der Waals surface area contributed by atoms with Gasteiger partial charge in [-0.25, -0.2) is 19.7 Å². The molecule has 0 radical (unpaired) electrons. The fourth-order valence-corrected chi connectivity index (χ4v) is 8.00. The highest BCUT2D eigenvalue weighted by atomic mass is 16.5. The Hall–Kier alpha value is -5.99. The second kappa shape index (κ2) is 16.6. The molecular weight excluding hydrogens is 727 g/mol. The first-order chi connectivity index (χ1) is 27.5. The van der Waals surface area contributed by atoms with E-state index >= 15 is 0 Å². The predicted molar refractivity (Wildman–Crippen MR) is 213 cm³/mol. The third kappa shape index (κ3) is 7.87. The number of likely N-dealkylation sites (tertiary alicyclic amines) is 2. The maximum Gasteiger partial charge on any atom is 0.407 e. The van der Waals surface area contributed by atoms with Gasteiger partial charge in [-0.1, -0.05) is 65.0 Å². The van der Waals surface area contributed by atoms with Crippen molar-refractivity contribution in [1.29, 1.82) is 0 Å². The molecule has 7 rings (SSSR count). The van der Waals surface area contributed by atoms with Crippen LogP contribution < -0.4 is 10.6 Å². The minimum Gasteiger partial charge on any atom is -0.453 e. The molecule has 5 aromatic rings. The summed E-state index contributed by atoms with van der Waals surface area (Å²) in [5.74, 6) is 0.849. The monoisotopic (exact) mass is 777 g/mol. The number of hydrogen-bond donors (Lipinski definition) is 4. The maximum absolute atomic E-state index is 13.6. The van der Waals surface area contributed by atoms with Crippen molar-refractivity contribution in [2.75, 3.05) is 20.2 Å². The second-order valence-electron chi connectivity index (χ2n) is 15.5. The van der Waals surface area contributed by atoms with E-state index in [1.54, 1.807) is 24.2 Å². The van der Waals surface area contributed by atoms with E-state index in [4.69, 9.17) is 19.1 Å². The molecule has 2 saturated heterocycles. The number of aromatic nitrogens is 5. The number of carbonyl (C=O) groups is 4. The number of imidazole rings is 2. The van der Waals surface area contributed by atoms with Crippen LogP contribution >= 0.6 is 0 Å². The summed E-state index contributed by atoms with van der Waals surface area (Å²) in [6.07, 6.45) is 7.89. The van der Waals surface area contributed by atoms with Crippen LogP contribution in [0.25, 0.3) is 44.7 Å². The molecule has 0 spiro atoms. The Labute approximate surface area is 331 Å². The summed E-state index contributed by atoms with van der Waals surface area (Å²) in [5.41, 5.74) is 6.49. The van der Waals surface area contributed by atoms with E-state index in [2.05, 4.69) is 25.6 Å². The molecule has 5 heterocycles. The Morgan fingerprint density at radius 1 is 0.772 bits per heavy atom. The largest absolute Gasteiger partial charge is 0.453 e. The molecule has 2 aromatic carbocycles. The van der Waals surface area contributed by atoms with Crippen LogP contribution in [0.2, 0.25) is 0 Å². The number of alkyl carbamates (subject to hydrolysis) is 1. The van der Waals surface area contributed by atoms with Crippen molar-refractivity contribution in [3.63, 3.8) is 0 Å². The summed E-state index contributed by atoms with van der Waals surface area (Å²) < 4.78 is 10.7. The minimum atomic E-state index is -0.717. The van der Waals surface area contributed by atoms with E-state index in [0.717, 1.165) is 65.1 Å². The van der Waals surface area contributed by atoms with Gasteiger partial charge in [-0.05, 0) is 54.7 Å². The quantitative estimate of drug-likeness (QED) is 0.109. The summed E-state index contributed by atoms with van der Waals surface area (Å²) in [5, 5.41) is 5.61. The highest BCUT2D eigenvalue weighted by molar-refractivity contribution is 5.99. The van der Waals surface area contributed by atoms with Gasteiger partial charge in [0.15, 0.2) is 12.0 Å². The molecule has 4 N–H and O–H groups in total. The molecule has 15 nitrogen and oxygen atoms in total. The van der Waals surface area contributed by atoms with Crippen LogP contribution in [0.15, 0.2) is 59.6 Å². The SMILES string of the molecule is CCC(=O)NC(C(=O)N1CCCC1c1ncc(-c2ccc(-c3ccc(-c4cnc(C5CCCN5C(=O)C(NC(=O)OC)C(C)C)[nH]4)c4ocnc34)cc2)[nH]1)C(C)C. The van der Waals surface area contributed by atoms with Gasteiger partial charge in [-0.2, -0.15) is 0 Å². The lowest BCUT2D eigenvalue weighted by Gasteiger charge is -2.30. The highest BCUT2D eigenvalue weighted by Gasteiger charge is 2.39. The first-order valence-corrected chi connectivity index (χ1v) is 19.8. The summed E-state index contributed by atoms with van der Waals surface area (Å²) >= 11 is 0. The number of H-pyrrole nitrogens is 2. The molecule has 15 heteroatoms. The normalized spacial score (nSPS) is 18.0. The topological polar surface area (TPSA) is 191 Å². The van der Waals surface area contributed by atoms with Crippen LogP contribution in [-0.2, 0) is 19.1 Å². The number of benzene rings is 2. The van der Waals surface area contributed by atoms with Gasteiger partial charge >= 0.3 is 6.09 Å². The third-order valence-electron chi connectivity index (χ3n) is 11.1.